The lowest BCUT2D eigenvalue weighted by atomic mass is 9.82. The van der Waals surface area contributed by atoms with Crippen molar-refractivity contribution in [2.45, 2.75) is 169 Å². The number of ketones is 1. The summed E-state index contributed by atoms with van der Waals surface area (Å²) in [5.41, 5.74) is 0.272. The van der Waals surface area contributed by atoms with Gasteiger partial charge >= 0.3 is 0 Å². The van der Waals surface area contributed by atoms with Crippen molar-refractivity contribution < 1.29 is 37.5 Å². The van der Waals surface area contributed by atoms with E-state index in [9.17, 15) is 37.5 Å². The van der Waals surface area contributed by atoms with Crippen LogP contribution in [0.1, 0.15) is 131 Å². The minimum Gasteiger partial charge on any atom is -0.356 e. The van der Waals surface area contributed by atoms with Crippen LogP contribution >= 0.6 is 0 Å². The third-order valence-corrected chi connectivity index (χ3v) is 9.19. The van der Waals surface area contributed by atoms with Gasteiger partial charge in [-0.15, -0.1) is 0 Å². The van der Waals surface area contributed by atoms with Gasteiger partial charge in [0.15, 0.2) is 5.78 Å². The maximum absolute atomic E-state index is 13.8. The third-order valence-electron chi connectivity index (χ3n) is 9.19. The predicted octanol–water partition coefficient (Wildman–Crippen LogP) is 4.81. The summed E-state index contributed by atoms with van der Waals surface area (Å²) in [6.45, 7) is 13.2. The molecule has 13 nitrogen and oxygen atoms in total. The number of alkyl halides is 2. The number of amides is 5. The zero-order valence-corrected chi connectivity index (χ0v) is 33.4. The molecule has 3 aliphatic rings. The van der Waals surface area contributed by atoms with E-state index in [2.05, 4.69) is 45.1 Å². The van der Waals surface area contributed by atoms with E-state index in [0.29, 0.717) is 31.8 Å². The van der Waals surface area contributed by atoms with E-state index in [1.807, 2.05) is 27.7 Å². The van der Waals surface area contributed by atoms with Crippen molar-refractivity contribution in [3.63, 3.8) is 0 Å². The molecule has 1 aliphatic heterocycles. The fourth-order valence-corrected chi connectivity index (χ4v) is 6.16. The summed E-state index contributed by atoms with van der Waals surface area (Å²) in [6.07, 6.45) is 12.9. The molecule has 4 N–H and O–H groups in total. The molecule has 2 heterocycles. The lowest BCUT2D eigenvalue weighted by Crippen LogP contribution is -2.61. The molecule has 0 bridgehead atoms. The number of nitrogens with zero attached hydrogens (tertiary/aromatic N) is 3. The highest BCUT2D eigenvalue weighted by atomic mass is 19.3. The number of carbonyl (C=O) groups excluding carboxylic acids is 6. The average Bonchev–Trinajstić information content (AvgIpc) is 3.80. The summed E-state index contributed by atoms with van der Waals surface area (Å²) in [6, 6.07) is -2.89. The molecule has 3 unspecified atom stereocenters. The number of halogens is 2. The molecular weight excluding hydrogens is 700 g/mol. The Balaban J connectivity index is 0.000000743. The Morgan fingerprint density at radius 1 is 0.926 bits per heavy atom. The number of rotatable bonds is 15. The van der Waals surface area contributed by atoms with Crippen molar-refractivity contribution in [1.29, 1.82) is 0 Å². The van der Waals surface area contributed by atoms with E-state index in [1.54, 1.807) is 18.6 Å². The van der Waals surface area contributed by atoms with Crippen LogP contribution < -0.4 is 21.3 Å². The molecule has 15 heteroatoms. The molecule has 2 aliphatic carbocycles. The smallest absolute Gasteiger partial charge is 0.246 e. The zero-order valence-electron chi connectivity index (χ0n) is 33.4. The van der Waals surface area contributed by atoms with Gasteiger partial charge in [0, 0.05) is 37.6 Å². The van der Waals surface area contributed by atoms with Gasteiger partial charge in [0.1, 0.15) is 18.1 Å². The highest BCUT2D eigenvalue weighted by molar-refractivity contribution is 5.95. The van der Waals surface area contributed by atoms with Crippen molar-refractivity contribution in [1.82, 2.24) is 36.1 Å². The fraction of sp³-hybridized carbons (Fsp3) is 0.744. The molecule has 1 aromatic rings. The quantitative estimate of drug-likeness (QED) is 0.184. The number of carbonyl (C=O) groups is 6. The zero-order chi connectivity index (χ0) is 40.7. The van der Waals surface area contributed by atoms with Crippen molar-refractivity contribution in [3.05, 3.63) is 24.3 Å². The van der Waals surface area contributed by atoms with Crippen LogP contribution in [0.2, 0.25) is 0 Å². The van der Waals surface area contributed by atoms with Gasteiger partial charge in [0.05, 0.1) is 11.7 Å². The predicted molar refractivity (Wildman–Crippen MR) is 203 cm³/mol. The van der Waals surface area contributed by atoms with Gasteiger partial charge < -0.3 is 26.2 Å². The highest BCUT2D eigenvalue weighted by Gasteiger charge is 2.43. The van der Waals surface area contributed by atoms with E-state index in [4.69, 9.17) is 0 Å². The summed E-state index contributed by atoms with van der Waals surface area (Å²) in [7, 11) is 0. The molecular formula is C39H65F2N7O6. The average molecular weight is 766 g/mol. The number of hydrogen-bond acceptors (Lipinski definition) is 8. The highest BCUT2D eigenvalue weighted by Crippen LogP contribution is 2.29. The van der Waals surface area contributed by atoms with E-state index >= 15 is 0 Å². The van der Waals surface area contributed by atoms with Crippen LogP contribution in [-0.4, -0.2) is 94.4 Å². The second-order valence-corrected chi connectivity index (χ2v) is 15.3. The first-order valence-electron chi connectivity index (χ1n) is 19.4. The molecule has 5 amide bonds. The molecule has 1 saturated heterocycles. The molecule has 306 valence electrons. The van der Waals surface area contributed by atoms with Gasteiger partial charge in [-0.3, -0.25) is 38.7 Å². The van der Waals surface area contributed by atoms with Gasteiger partial charge in [-0.2, -0.15) is 0 Å². The molecule has 0 aromatic carbocycles. The van der Waals surface area contributed by atoms with Crippen molar-refractivity contribution in [3.8, 4) is 0 Å². The van der Waals surface area contributed by atoms with Crippen LogP contribution in [0.15, 0.2) is 18.6 Å². The van der Waals surface area contributed by atoms with Gasteiger partial charge in [0.2, 0.25) is 37.0 Å². The first-order valence-corrected chi connectivity index (χ1v) is 19.4. The van der Waals surface area contributed by atoms with Crippen LogP contribution in [0.25, 0.3) is 0 Å². The summed E-state index contributed by atoms with van der Waals surface area (Å²) < 4.78 is 25.1. The standard InChI is InChI=1S/C27H44F2N4O5.C5H6N2.C4H7NO.C3H8/c1-17(35)19(12-8-14-21(28)29)31-24(36)20-13-9-15-33(20)26(38)23(27(2,3)4)32-25(37)22(30-16-34)18-10-6-5-7-11-18;1-5-4-6-2-3-7-5;6-3-5-4-1-2-4;1-3-2/h16,18-23H,5-15H2,1-4H3,(H,30,34)(H,31,36)(H,32,37);2-4H,1H3;3-4H,1-2H2,(H,5,6);3H2,1-2H3/t19?,20?,22-,23?;;;/m0.../s1. The molecule has 2 saturated carbocycles. The van der Waals surface area contributed by atoms with Gasteiger partial charge in [-0.05, 0) is 76.5 Å². The third kappa shape index (κ3) is 18.8. The summed E-state index contributed by atoms with van der Waals surface area (Å²) in [5.74, 6) is -1.68. The van der Waals surface area contributed by atoms with E-state index in [0.717, 1.165) is 44.2 Å². The van der Waals surface area contributed by atoms with Crippen molar-refractivity contribution >= 4 is 36.3 Å². The Morgan fingerprint density at radius 3 is 2.02 bits per heavy atom. The summed E-state index contributed by atoms with van der Waals surface area (Å²) >= 11 is 0. The van der Waals surface area contributed by atoms with E-state index in [-0.39, 0.29) is 31.0 Å². The second-order valence-electron chi connectivity index (χ2n) is 15.3. The normalized spacial score (nSPS) is 18.4. The van der Waals surface area contributed by atoms with Crippen molar-refractivity contribution in [2.24, 2.45) is 11.3 Å². The molecule has 0 spiro atoms. The Bertz CT molecular complexity index is 1270. The molecule has 54 heavy (non-hydrogen) atoms. The maximum atomic E-state index is 13.8. The topological polar surface area (TPSA) is 180 Å². The molecule has 4 rings (SSSR count). The molecule has 1 aromatic heterocycles. The maximum Gasteiger partial charge on any atom is 0.246 e. The van der Waals surface area contributed by atoms with Crippen LogP contribution in [-0.2, 0) is 28.8 Å². The van der Waals surface area contributed by atoms with Crippen LogP contribution in [0, 0.1) is 18.3 Å². The van der Waals surface area contributed by atoms with Crippen molar-refractivity contribution in [2.75, 3.05) is 6.54 Å². The Morgan fingerprint density at radius 2 is 1.57 bits per heavy atom. The largest absolute Gasteiger partial charge is 0.356 e. The van der Waals surface area contributed by atoms with E-state index < -0.39 is 53.7 Å². The number of likely N-dealkylation sites (tertiary alicyclic amines) is 1. The Hall–Kier alpha value is -4.04. The number of aryl methyl sites for hydroxylation is 1. The number of nitrogens with one attached hydrogen (secondary N) is 4. The number of Topliss-reactive ketones (excluding diaryl/α,β-unsaturated/α-hetero) is 1. The SMILES string of the molecule is CC(=O)C(CCCC(F)F)NC(=O)C1CCCN1C(=O)C(NC(=O)[C@@H](NC=O)C1CCCCC1)C(C)(C)C.CCC.Cc1cnccn1.O=CNC1CC1. The second kappa shape index (κ2) is 25.9. The van der Waals surface area contributed by atoms with Crippen LogP contribution in [0.5, 0.6) is 0 Å². The van der Waals surface area contributed by atoms with Gasteiger partial charge in [-0.1, -0.05) is 60.3 Å². The van der Waals surface area contributed by atoms with Gasteiger partial charge in [0.25, 0.3) is 0 Å². The molecule has 3 fully saturated rings. The van der Waals surface area contributed by atoms with Gasteiger partial charge in [-0.25, -0.2) is 8.78 Å². The lowest BCUT2D eigenvalue weighted by Gasteiger charge is -2.37. The lowest BCUT2D eigenvalue weighted by molar-refractivity contribution is -0.144. The Labute approximate surface area is 320 Å². The fourth-order valence-electron chi connectivity index (χ4n) is 6.16. The summed E-state index contributed by atoms with van der Waals surface area (Å²) in [5, 5.41) is 10.8. The Kier molecular flexibility index (Phi) is 23.0. The number of hydrogen-bond donors (Lipinski definition) is 4. The minimum absolute atomic E-state index is 0.0106. The molecule has 0 radical (unpaired) electrons. The molecule has 4 atom stereocenters. The first kappa shape index (κ1) is 48.0. The van der Waals surface area contributed by atoms with Crippen LogP contribution in [0.4, 0.5) is 8.78 Å². The number of aromatic nitrogens is 2. The van der Waals surface area contributed by atoms with Crippen LogP contribution in [0.3, 0.4) is 0 Å². The monoisotopic (exact) mass is 765 g/mol. The first-order chi connectivity index (χ1) is 25.6. The summed E-state index contributed by atoms with van der Waals surface area (Å²) in [4.78, 5) is 82.2. The minimum atomic E-state index is -2.48. The van der Waals surface area contributed by atoms with E-state index in [1.165, 1.54) is 31.1 Å².